The predicted molar refractivity (Wildman–Crippen MR) is 105 cm³/mol. The summed E-state index contributed by atoms with van der Waals surface area (Å²) in [4.78, 5) is 11.3. The van der Waals surface area contributed by atoms with E-state index in [0.29, 0.717) is 18.5 Å². The molecule has 0 saturated carbocycles. The SMILES string of the molecule is O=C(O)c1cccc(CCc2cccc(NS(=O)(=O)c3ccccc3)c2)c1. The van der Waals surface area contributed by atoms with Gasteiger partial charge in [0.1, 0.15) is 0 Å². The predicted octanol–water partition coefficient (Wildman–Crippen LogP) is 3.97. The number of aryl methyl sites for hydroxylation is 2. The summed E-state index contributed by atoms with van der Waals surface area (Å²) in [5.41, 5.74) is 2.64. The Morgan fingerprint density at radius 2 is 1.44 bits per heavy atom. The molecule has 0 atom stereocenters. The first-order chi connectivity index (χ1) is 12.9. The average Bonchev–Trinajstić information content (AvgIpc) is 2.67. The number of benzene rings is 3. The van der Waals surface area contributed by atoms with Crippen molar-refractivity contribution in [2.24, 2.45) is 0 Å². The van der Waals surface area contributed by atoms with Crippen molar-refractivity contribution in [3.05, 3.63) is 95.6 Å². The minimum Gasteiger partial charge on any atom is -0.478 e. The Hall–Kier alpha value is -3.12. The zero-order valence-electron chi connectivity index (χ0n) is 14.5. The summed E-state index contributed by atoms with van der Waals surface area (Å²) in [6, 6.07) is 22.2. The molecule has 0 bridgehead atoms. The fourth-order valence-electron chi connectivity index (χ4n) is 2.75. The maximum atomic E-state index is 12.4. The molecule has 0 aliphatic heterocycles. The number of aromatic carboxylic acids is 1. The van der Waals surface area contributed by atoms with Gasteiger partial charge in [0.15, 0.2) is 0 Å². The molecule has 0 aliphatic carbocycles. The molecule has 3 aromatic rings. The molecule has 138 valence electrons. The summed E-state index contributed by atoms with van der Waals surface area (Å²) < 4.78 is 27.4. The topological polar surface area (TPSA) is 83.5 Å². The lowest BCUT2D eigenvalue weighted by Gasteiger charge is -2.10. The number of sulfonamides is 1. The normalized spacial score (nSPS) is 11.1. The number of carboxylic acids is 1. The highest BCUT2D eigenvalue weighted by Crippen LogP contribution is 2.18. The zero-order valence-corrected chi connectivity index (χ0v) is 15.3. The molecule has 27 heavy (non-hydrogen) atoms. The van der Waals surface area contributed by atoms with Crippen molar-refractivity contribution >= 4 is 21.7 Å². The van der Waals surface area contributed by atoms with Gasteiger partial charge in [-0.15, -0.1) is 0 Å². The van der Waals surface area contributed by atoms with Gasteiger partial charge in [-0.25, -0.2) is 13.2 Å². The third-order valence-electron chi connectivity index (χ3n) is 4.11. The molecule has 0 fully saturated rings. The Bertz CT molecular complexity index is 1050. The number of anilines is 1. The van der Waals surface area contributed by atoms with Gasteiger partial charge >= 0.3 is 5.97 Å². The molecule has 0 aromatic heterocycles. The Labute approximate surface area is 158 Å². The van der Waals surface area contributed by atoms with Crippen LogP contribution in [0.1, 0.15) is 21.5 Å². The number of nitrogens with one attached hydrogen (secondary N) is 1. The Kier molecular flexibility index (Phi) is 5.57. The first-order valence-corrected chi connectivity index (χ1v) is 9.91. The van der Waals surface area contributed by atoms with Crippen LogP contribution in [0.15, 0.2) is 83.8 Å². The van der Waals surface area contributed by atoms with Crippen LogP contribution in [-0.4, -0.2) is 19.5 Å². The summed E-state index contributed by atoms with van der Waals surface area (Å²) in [6.45, 7) is 0. The summed E-state index contributed by atoms with van der Waals surface area (Å²) in [7, 11) is -3.63. The lowest BCUT2D eigenvalue weighted by atomic mass is 10.0. The highest BCUT2D eigenvalue weighted by Gasteiger charge is 2.13. The Morgan fingerprint density at radius 3 is 2.11 bits per heavy atom. The fraction of sp³-hybridized carbons (Fsp3) is 0.0952. The standard InChI is InChI=1S/C21H19NO4S/c23-21(24)18-8-4-6-16(14-18)12-13-17-7-5-9-19(15-17)22-27(25,26)20-10-2-1-3-11-20/h1-11,14-15,22H,12-13H2,(H,23,24). The van der Waals surface area contributed by atoms with E-state index >= 15 is 0 Å². The van der Waals surface area contributed by atoms with Crippen LogP contribution in [0.5, 0.6) is 0 Å². The van der Waals surface area contributed by atoms with E-state index in [0.717, 1.165) is 11.1 Å². The lowest BCUT2D eigenvalue weighted by Crippen LogP contribution is -2.12. The van der Waals surface area contributed by atoms with Crippen LogP contribution in [-0.2, 0) is 22.9 Å². The highest BCUT2D eigenvalue weighted by atomic mass is 32.2. The summed E-state index contributed by atoms with van der Waals surface area (Å²) in [5.74, 6) is -0.950. The van der Waals surface area contributed by atoms with E-state index in [2.05, 4.69) is 4.72 Å². The van der Waals surface area contributed by atoms with Crippen molar-refractivity contribution in [2.75, 3.05) is 4.72 Å². The van der Waals surface area contributed by atoms with Crippen LogP contribution in [0.2, 0.25) is 0 Å². The van der Waals surface area contributed by atoms with Gasteiger partial charge < -0.3 is 5.11 Å². The molecule has 0 amide bonds. The fourth-order valence-corrected chi connectivity index (χ4v) is 3.82. The number of hydrogen-bond donors (Lipinski definition) is 2. The molecule has 2 N–H and O–H groups in total. The molecule has 0 spiro atoms. The van der Waals surface area contributed by atoms with Gasteiger partial charge in [0, 0.05) is 5.69 Å². The number of carbonyl (C=O) groups is 1. The lowest BCUT2D eigenvalue weighted by molar-refractivity contribution is 0.0696. The number of hydrogen-bond acceptors (Lipinski definition) is 3. The Balaban J connectivity index is 1.71. The zero-order chi connectivity index (χ0) is 19.3. The molecular weight excluding hydrogens is 362 g/mol. The molecule has 0 unspecified atom stereocenters. The van der Waals surface area contributed by atoms with Gasteiger partial charge in [-0.1, -0.05) is 42.5 Å². The molecular formula is C21H19NO4S. The van der Waals surface area contributed by atoms with Gasteiger partial charge in [0.2, 0.25) is 0 Å². The highest BCUT2D eigenvalue weighted by molar-refractivity contribution is 7.92. The van der Waals surface area contributed by atoms with Crippen molar-refractivity contribution in [3.8, 4) is 0 Å². The number of rotatable bonds is 7. The van der Waals surface area contributed by atoms with E-state index in [1.807, 2.05) is 12.1 Å². The van der Waals surface area contributed by atoms with E-state index in [1.54, 1.807) is 66.7 Å². The van der Waals surface area contributed by atoms with Crippen molar-refractivity contribution in [2.45, 2.75) is 17.7 Å². The van der Waals surface area contributed by atoms with Crippen molar-refractivity contribution in [3.63, 3.8) is 0 Å². The van der Waals surface area contributed by atoms with Crippen LogP contribution in [0.3, 0.4) is 0 Å². The van der Waals surface area contributed by atoms with Crippen LogP contribution < -0.4 is 4.72 Å². The summed E-state index contributed by atoms with van der Waals surface area (Å²) in [5, 5.41) is 9.07. The Morgan fingerprint density at radius 1 is 0.815 bits per heavy atom. The van der Waals surface area contributed by atoms with Gasteiger partial charge in [-0.2, -0.15) is 0 Å². The molecule has 0 radical (unpaired) electrons. The molecule has 0 heterocycles. The smallest absolute Gasteiger partial charge is 0.335 e. The minimum absolute atomic E-state index is 0.209. The molecule has 5 nitrogen and oxygen atoms in total. The second-order valence-electron chi connectivity index (χ2n) is 6.12. The van der Waals surface area contributed by atoms with E-state index < -0.39 is 16.0 Å². The van der Waals surface area contributed by atoms with Crippen molar-refractivity contribution < 1.29 is 18.3 Å². The van der Waals surface area contributed by atoms with Gasteiger partial charge in [-0.3, -0.25) is 4.72 Å². The van der Waals surface area contributed by atoms with Gasteiger partial charge in [0.25, 0.3) is 10.0 Å². The molecule has 6 heteroatoms. The van der Waals surface area contributed by atoms with E-state index in [1.165, 1.54) is 0 Å². The summed E-state index contributed by atoms with van der Waals surface area (Å²) >= 11 is 0. The van der Waals surface area contributed by atoms with Crippen LogP contribution in [0.4, 0.5) is 5.69 Å². The molecule has 0 aliphatic rings. The van der Waals surface area contributed by atoms with E-state index in [9.17, 15) is 13.2 Å². The van der Waals surface area contributed by atoms with Gasteiger partial charge in [0.05, 0.1) is 10.5 Å². The summed E-state index contributed by atoms with van der Waals surface area (Å²) in [6.07, 6.45) is 1.33. The maximum absolute atomic E-state index is 12.4. The monoisotopic (exact) mass is 381 g/mol. The quantitative estimate of drug-likeness (QED) is 0.649. The molecule has 3 aromatic carbocycles. The van der Waals surface area contributed by atoms with Crippen molar-refractivity contribution in [1.82, 2.24) is 0 Å². The first-order valence-electron chi connectivity index (χ1n) is 8.43. The minimum atomic E-state index is -3.63. The van der Waals surface area contributed by atoms with Crippen LogP contribution >= 0.6 is 0 Å². The third-order valence-corrected chi connectivity index (χ3v) is 5.51. The molecule has 0 saturated heterocycles. The maximum Gasteiger partial charge on any atom is 0.335 e. The van der Waals surface area contributed by atoms with Gasteiger partial charge in [-0.05, 0) is 60.4 Å². The number of carboxylic acid groups (broad SMARTS) is 1. The van der Waals surface area contributed by atoms with E-state index in [4.69, 9.17) is 5.11 Å². The second-order valence-corrected chi connectivity index (χ2v) is 7.81. The third kappa shape index (κ3) is 4.95. The van der Waals surface area contributed by atoms with Crippen molar-refractivity contribution in [1.29, 1.82) is 0 Å². The average molecular weight is 381 g/mol. The van der Waals surface area contributed by atoms with Crippen LogP contribution in [0.25, 0.3) is 0 Å². The second kappa shape index (κ2) is 8.05. The molecule has 3 rings (SSSR count). The van der Waals surface area contributed by atoms with Crippen LogP contribution in [0, 0.1) is 0 Å². The van der Waals surface area contributed by atoms with E-state index in [-0.39, 0.29) is 10.5 Å². The first kappa shape index (κ1) is 18.7. The largest absolute Gasteiger partial charge is 0.478 e.